The molecule has 0 aliphatic heterocycles. The van der Waals surface area contributed by atoms with E-state index in [0.717, 1.165) is 12.0 Å². The van der Waals surface area contributed by atoms with Crippen molar-refractivity contribution in [2.75, 3.05) is 13.2 Å². The van der Waals surface area contributed by atoms with Gasteiger partial charge in [0, 0.05) is 6.54 Å². The molecule has 0 amide bonds. The lowest BCUT2D eigenvalue weighted by Crippen LogP contribution is -2.44. The van der Waals surface area contributed by atoms with Gasteiger partial charge in [0.1, 0.15) is 5.41 Å². The average Bonchev–Trinajstić information content (AvgIpc) is 3.03. The second-order valence-electron chi connectivity index (χ2n) is 5.00. The number of hydrogen-bond acceptors (Lipinski definition) is 4. The lowest BCUT2D eigenvalue weighted by molar-refractivity contribution is -0.150. The molecular weight excluding hydrogens is 282 g/mol. The summed E-state index contributed by atoms with van der Waals surface area (Å²) in [6, 6.07) is 11.8. The molecule has 0 aliphatic carbocycles. The number of ether oxygens (including phenoxy) is 1. The van der Waals surface area contributed by atoms with E-state index < -0.39 is 5.41 Å². The molecule has 0 saturated heterocycles. The Kier molecular flexibility index (Phi) is 5.53. The van der Waals surface area contributed by atoms with Gasteiger partial charge in [-0.25, -0.2) is 0 Å². The van der Waals surface area contributed by atoms with Crippen LogP contribution >= 0.6 is 11.3 Å². The summed E-state index contributed by atoms with van der Waals surface area (Å²) >= 11 is 1.66. The molecule has 0 fully saturated rings. The van der Waals surface area contributed by atoms with Gasteiger partial charge in [0.2, 0.25) is 0 Å². The van der Waals surface area contributed by atoms with Crippen LogP contribution < -0.4 is 5.73 Å². The molecule has 2 aromatic rings. The van der Waals surface area contributed by atoms with Gasteiger partial charge in [-0.3, -0.25) is 4.79 Å². The zero-order chi connectivity index (χ0) is 15.1. The molecule has 0 saturated carbocycles. The molecule has 1 heterocycles. The first-order valence-electron chi connectivity index (χ1n) is 7.17. The molecule has 0 bridgehead atoms. The van der Waals surface area contributed by atoms with Gasteiger partial charge in [-0.1, -0.05) is 30.3 Å². The largest absolute Gasteiger partial charge is 0.465 e. The van der Waals surface area contributed by atoms with E-state index in [1.165, 1.54) is 5.56 Å². The first-order chi connectivity index (χ1) is 10.2. The number of benzene rings is 1. The van der Waals surface area contributed by atoms with Gasteiger partial charge in [0.15, 0.2) is 0 Å². The zero-order valence-electron chi connectivity index (χ0n) is 12.2. The van der Waals surface area contributed by atoms with E-state index in [1.54, 1.807) is 11.3 Å². The van der Waals surface area contributed by atoms with Crippen molar-refractivity contribution < 1.29 is 9.53 Å². The predicted molar refractivity (Wildman–Crippen MR) is 86.4 cm³/mol. The summed E-state index contributed by atoms with van der Waals surface area (Å²) in [5.74, 6) is -0.228. The van der Waals surface area contributed by atoms with Gasteiger partial charge in [-0.05, 0) is 47.7 Å². The molecule has 1 atom stereocenters. The van der Waals surface area contributed by atoms with E-state index in [0.29, 0.717) is 13.0 Å². The Morgan fingerprint density at radius 3 is 2.62 bits per heavy atom. The summed E-state index contributed by atoms with van der Waals surface area (Å²) in [6.45, 7) is 2.44. The molecule has 1 unspecified atom stereocenters. The summed E-state index contributed by atoms with van der Waals surface area (Å²) in [4.78, 5) is 12.6. The quantitative estimate of drug-likeness (QED) is 0.800. The van der Waals surface area contributed by atoms with Crippen molar-refractivity contribution in [3.8, 4) is 0 Å². The topological polar surface area (TPSA) is 52.3 Å². The fraction of sp³-hybridized carbons (Fsp3) is 0.353. The van der Waals surface area contributed by atoms with Crippen molar-refractivity contribution in [3.05, 3.63) is 58.3 Å². The highest BCUT2D eigenvalue weighted by Crippen LogP contribution is 2.31. The van der Waals surface area contributed by atoms with Crippen LogP contribution in [0.1, 0.15) is 24.5 Å². The molecule has 0 aliphatic rings. The Hall–Kier alpha value is -1.65. The van der Waals surface area contributed by atoms with Gasteiger partial charge < -0.3 is 10.5 Å². The maximum absolute atomic E-state index is 12.6. The van der Waals surface area contributed by atoms with E-state index in [2.05, 4.69) is 11.4 Å². The number of aryl methyl sites for hydroxylation is 1. The van der Waals surface area contributed by atoms with Crippen LogP contribution in [0.3, 0.4) is 0 Å². The number of thiophene rings is 1. The monoisotopic (exact) mass is 303 g/mol. The number of carbonyl (C=O) groups is 1. The number of esters is 1. The Labute approximate surface area is 129 Å². The van der Waals surface area contributed by atoms with Crippen LogP contribution in [-0.2, 0) is 21.4 Å². The number of carbonyl (C=O) groups excluding carboxylic acids is 1. The average molecular weight is 303 g/mol. The van der Waals surface area contributed by atoms with Gasteiger partial charge in [-0.2, -0.15) is 11.3 Å². The minimum atomic E-state index is -0.765. The summed E-state index contributed by atoms with van der Waals surface area (Å²) in [5.41, 5.74) is 7.41. The Balaban J connectivity index is 2.29. The molecule has 1 aromatic carbocycles. The maximum Gasteiger partial charge on any atom is 0.317 e. The van der Waals surface area contributed by atoms with Crippen LogP contribution in [0.4, 0.5) is 0 Å². The fourth-order valence-corrected chi connectivity index (χ4v) is 3.19. The Morgan fingerprint density at radius 1 is 1.29 bits per heavy atom. The summed E-state index contributed by atoms with van der Waals surface area (Å²) < 4.78 is 5.31. The van der Waals surface area contributed by atoms with Crippen molar-refractivity contribution in [2.45, 2.75) is 25.2 Å². The third-order valence-corrected chi connectivity index (χ3v) is 4.49. The molecule has 3 nitrogen and oxygen atoms in total. The minimum absolute atomic E-state index is 0.228. The fourth-order valence-electron chi connectivity index (χ4n) is 2.49. The summed E-state index contributed by atoms with van der Waals surface area (Å²) in [6.07, 6.45) is 1.47. The van der Waals surface area contributed by atoms with Crippen LogP contribution in [0.5, 0.6) is 0 Å². The summed E-state index contributed by atoms with van der Waals surface area (Å²) in [5, 5.41) is 4.16. The molecule has 0 radical (unpaired) electrons. The van der Waals surface area contributed by atoms with Gasteiger partial charge in [0.25, 0.3) is 0 Å². The molecule has 2 N–H and O–H groups in total. The Bertz CT molecular complexity index is 553. The molecule has 0 spiro atoms. The van der Waals surface area contributed by atoms with Crippen LogP contribution in [-0.4, -0.2) is 19.1 Å². The van der Waals surface area contributed by atoms with E-state index in [-0.39, 0.29) is 12.5 Å². The number of hydrogen-bond donors (Lipinski definition) is 1. The van der Waals surface area contributed by atoms with E-state index >= 15 is 0 Å². The van der Waals surface area contributed by atoms with Crippen molar-refractivity contribution >= 4 is 17.3 Å². The van der Waals surface area contributed by atoms with Crippen molar-refractivity contribution in [1.29, 1.82) is 0 Å². The third-order valence-electron chi connectivity index (χ3n) is 3.76. The lowest BCUT2D eigenvalue weighted by Gasteiger charge is -2.30. The van der Waals surface area contributed by atoms with Crippen molar-refractivity contribution in [2.24, 2.45) is 5.73 Å². The Morgan fingerprint density at radius 2 is 2.05 bits per heavy atom. The van der Waals surface area contributed by atoms with E-state index in [9.17, 15) is 4.79 Å². The minimum Gasteiger partial charge on any atom is -0.465 e. The molecular formula is C17H21NO2S. The van der Waals surface area contributed by atoms with E-state index in [1.807, 2.05) is 42.6 Å². The predicted octanol–water partition coefficient (Wildman–Crippen LogP) is 3.14. The number of nitrogens with two attached hydrogens (primary N) is 1. The molecule has 21 heavy (non-hydrogen) atoms. The third kappa shape index (κ3) is 3.52. The SMILES string of the molecule is CCOC(=O)C(CN)(CCc1ccsc1)c1ccccc1. The zero-order valence-corrected chi connectivity index (χ0v) is 13.1. The molecule has 2 rings (SSSR count). The van der Waals surface area contributed by atoms with Crippen LogP contribution in [0.25, 0.3) is 0 Å². The van der Waals surface area contributed by atoms with Gasteiger partial charge in [-0.15, -0.1) is 0 Å². The molecule has 1 aromatic heterocycles. The lowest BCUT2D eigenvalue weighted by atomic mass is 9.76. The maximum atomic E-state index is 12.6. The second kappa shape index (κ2) is 7.38. The van der Waals surface area contributed by atoms with Crippen molar-refractivity contribution in [3.63, 3.8) is 0 Å². The smallest absolute Gasteiger partial charge is 0.317 e. The van der Waals surface area contributed by atoms with Crippen LogP contribution in [0, 0.1) is 0 Å². The van der Waals surface area contributed by atoms with Crippen LogP contribution in [0.15, 0.2) is 47.2 Å². The first-order valence-corrected chi connectivity index (χ1v) is 8.11. The van der Waals surface area contributed by atoms with Crippen molar-refractivity contribution in [1.82, 2.24) is 0 Å². The second-order valence-corrected chi connectivity index (χ2v) is 5.78. The van der Waals surface area contributed by atoms with Gasteiger partial charge in [0.05, 0.1) is 6.61 Å². The first kappa shape index (κ1) is 15.7. The highest BCUT2D eigenvalue weighted by Gasteiger charge is 2.40. The molecule has 4 heteroatoms. The van der Waals surface area contributed by atoms with Gasteiger partial charge >= 0.3 is 5.97 Å². The van der Waals surface area contributed by atoms with E-state index in [4.69, 9.17) is 10.5 Å². The summed E-state index contributed by atoms with van der Waals surface area (Å²) in [7, 11) is 0. The highest BCUT2D eigenvalue weighted by atomic mass is 32.1. The normalized spacial score (nSPS) is 13.6. The highest BCUT2D eigenvalue weighted by molar-refractivity contribution is 7.07. The molecule has 112 valence electrons. The number of rotatable bonds is 7. The standard InChI is InChI=1S/C17H21NO2S/c1-2-20-16(19)17(13-18,15-6-4-3-5-7-15)10-8-14-9-11-21-12-14/h3-7,9,11-12H,2,8,10,13,18H2,1H3. The van der Waals surface area contributed by atoms with Crippen LogP contribution in [0.2, 0.25) is 0 Å².